The summed E-state index contributed by atoms with van der Waals surface area (Å²) in [5, 5.41) is 52.4. The maximum absolute atomic E-state index is 10.3. The highest BCUT2D eigenvalue weighted by Gasteiger charge is 2.44. The quantitative estimate of drug-likeness (QED) is 0.283. The zero-order valence-electron chi connectivity index (χ0n) is 15.9. The number of imidazole rings is 1. The van der Waals surface area contributed by atoms with Crippen molar-refractivity contribution in [2.24, 2.45) is 0 Å². The third-order valence-electron chi connectivity index (χ3n) is 4.97. The van der Waals surface area contributed by atoms with Crippen molar-refractivity contribution >= 4 is 17.0 Å². The topological polar surface area (TPSA) is 175 Å². The van der Waals surface area contributed by atoms with Crippen LogP contribution in [-0.4, -0.2) is 77.1 Å². The van der Waals surface area contributed by atoms with Crippen LogP contribution in [-0.2, 0) is 11.3 Å². The Morgan fingerprint density at radius 2 is 1.97 bits per heavy atom. The molecule has 6 N–H and O–H groups in total. The molecule has 1 aromatic carbocycles. The Labute approximate surface area is 170 Å². The monoisotopic (exact) mass is 419 g/mol. The molecule has 160 valence electrons. The van der Waals surface area contributed by atoms with Crippen LogP contribution in [0, 0.1) is 0 Å². The summed E-state index contributed by atoms with van der Waals surface area (Å²) in [6.07, 6.45) is -1.76. The number of aliphatic hydroxyl groups excluding tert-OH is 3. The Morgan fingerprint density at radius 1 is 1.17 bits per heavy atom. The van der Waals surface area contributed by atoms with Gasteiger partial charge in [0.1, 0.15) is 30.4 Å². The SMILES string of the molecule is COc1cc(O)c(O)c(CNc2ncnc3c2ncn3C2O[C@H](CO)[C@@H](O)[C@H]2O)c1. The van der Waals surface area contributed by atoms with Crippen molar-refractivity contribution < 1.29 is 35.0 Å². The number of rotatable bonds is 6. The number of nitrogens with zero attached hydrogens (tertiary/aromatic N) is 4. The van der Waals surface area contributed by atoms with E-state index < -0.39 is 31.1 Å². The standard InChI is InChI=1S/C18H21N5O7/c1-29-9-2-8(13(26)10(25)3-9)4-19-16-12-17(21-6-20-16)23(7-22-12)18-15(28)14(27)11(5-24)30-18/h2-3,6-7,11,14-15,18,24-28H,4-5H2,1H3,(H,19,20,21)/t11-,14-,15-,18?/m1/s1. The summed E-state index contributed by atoms with van der Waals surface area (Å²) in [6, 6.07) is 2.86. The van der Waals surface area contributed by atoms with Crippen LogP contribution in [0.1, 0.15) is 11.8 Å². The first-order valence-electron chi connectivity index (χ1n) is 9.07. The van der Waals surface area contributed by atoms with Crippen molar-refractivity contribution in [3.8, 4) is 17.2 Å². The molecule has 1 saturated heterocycles. The molecular formula is C18H21N5O7. The first-order chi connectivity index (χ1) is 14.4. The Hall–Kier alpha value is -3.19. The third kappa shape index (κ3) is 3.35. The van der Waals surface area contributed by atoms with E-state index in [9.17, 15) is 25.5 Å². The van der Waals surface area contributed by atoms with Crippen LogP contribution in [0.5, 0.6) is 17.2 Å². The number of aromatic hydroxyl groups is 2. The van der Waals surface area contributed by atoms with Gasteiger partial charge in [0.25, 0.3) is 0 Å². The van der Waals surface area contributed by atoms with Crippen LogP contribution in [0.2, 0.25) is 0 Å². The largest absolute Gasteiger partial charge is 0.504 e. The first kappa shape index (κ1) is 20.1. The third-order valence-corrected chi connectivity index (χ3v) is 4.97. The molecule has 4 rings (SSSR count). The van der Waals surface area contributed by atoms with E-state index in [-0.39, 0.29) is 18.0 Å². The van der Waals surface area contributed by atoms with Gasteiger partial charge in [0.15, 0.2) is 34.7 Å². The smallest absolute Gasteiger partial charge is 0.167 e. The van der Waals surface area contributed by atoms with Gasteiger partial charge in [-0.1, -0.05) is 0 Å². The molecule has 4 atom stereocenters. The highest BCUT2D eigenvalue weighted by atomic mass is 16.6. The van der Waals surface area contributed by atoms with Crippen LogP contribution in [0.4, 0.5) is 5.82 Å². The predicted molar refractivity (Wildman–Crippen MR) is 102 cm³/mol. The molecule has 30 heavy (non-hydrogen) atoms. The molecule has 0 amide bonds. The van der Waals surface area contributed by atoms with Gasteiger partial charge in [-0.15, -0.1) is 0 Å². The molecule has 1 unspecified atom stereocenters. The van der Waals surface area contributed by atoms with E-state index in [1.807, 2.05) is 0 Å². The number of phenolic OH excluding ortho intramolecular Hbond substituents is 2. The molecule has 12 nitrogen and oxygen atoms in total. The molecule has 0 radical (unpaired) electrons. The summed E-state index contributed by atoms with van der Waals surface area (Å²) >= 11 is 0. The number of nitrogens with one attached hydrogen (secondary N) is 1. The number of ether oxygens (including phenoxy) is 2. The van der Waals surface area contributed by atoms with E-state index in [0.717, 1.165) is 0 Å². The highest BCUT2D eigenvalue weighted by Crippen LogP contribution is 2.35. The van der Waals surface area contributed by atoms with Gasteiger partial charge in [-0.25, -0.2) is 15.0 Å². The maximum Gasteiger partial charge on any atom is 0.167 e. The normalized spacial score (nSPS) is 23.7. The lowest BCUT2D eigenvalue weighted by Gasteiger charge is -2.16. The van der Waals surface area contributed by atoms with E-state index in [1.165, 1.54) is 30.4 Å². The zero-order chi connectivity index (χ0) is 21.4. The lowest BCUT2D eigenvalue weighted by molar-refractivity contribution is -0.0511. The summed E-state index contributed by atoms with van der Waals surface area (Å²) in [6.45, 7) is -0.344. The second-order valence-corrected chi connectivity index (χ2v) is 6.78. The number of fused-ring (bicyclic) bond motifs is 1. The summed E-state index contributed by atoms with van der Waals surface area (Å²) < 4.78 is 12.1. The predicted octanol–water partition coefficient (Wildman–Crippen LogP) is -0.530. The van der Waals surface area contributed by atoms with E-state index >= 15 is 0 Å². The lowest BCUT2D eigenvalue weighted by atomic mass is 10.1. The van der Waals surface area contributed by atoms with Gasteiger partial charge in [0.05, 0.1) is 20.0 Å². The van der Waals surface area contributed by atoms with Gasteiger partial charge < -0.3 is 40.3 Å². The molecule has 1 aliphatic heterocycles. The van der Waals surface area contributed by atoms with E-state index in [4.69, 9.17) is 9.47 Å². The molecule has 1 fully saturated rings. The molecular weight excluding hydrogens is 398 g/mol. The highest BCUT2D eigenvalue weighted by molar-refractivity contribution is 5.82. The molecule has 0 spiro atoms. The molecule has 2 aromatic heterocycles. The second kappa shape index (κ2) is 7.91. The molecule has 1 aliphatic rings. The number of anilines is 1. The van der Waals surface area contributed by atoms with Crippen LogP contribution in [0.3, 0.4) is 0 Å². The fourth-order valence-electron chi connectivity index (χ4n) is 3.36. The Morgan fingerprint density at radius 3 is 2.67 bits per heavy atom. The zero-order valence-corrected chi connectivity index (χ0v) is 15.9. The van der Waals surface area contributed by atoms with Crippen molar-refractivity contribution in [3.63, 3.8) is 0 Å². The number of phenols is 2. The molecule has 12 heteroatoms. The Bertz CT molecular complexity index is 1060. The molecule has 0 bridgehead atoms. The molecule has 0 aliphatic carbocycles. The molecule has 3 aromatic rings. The number of hydrogen-bond acceptors (Lipinski definition) is 11. The Balaban J connectivity index is 1.61. The minimum Gasteiger partial charge on any atom is -0.504 e. The van der Waals surface area contributed by atoms with E-state index in [1.54, 1.807) is 6.07 Å². The summed E-state index contributed by atoms with van der Waals surface area (Å²) in [4.78, 5) is 12.6. The van der Waals surface area contributed by atoms with Gasteiger partial charge in [-0.2, -0.15) is 0 Å². The fourth-order valence-corrected chi connectivity index (χ4v) is 3.36. The van der Waals surface area contributed by atoms with Crippen molar-refractivity contribution in [3.05, 3.63) is 30.4 Å². The average molecular weight is 419 g/mol. The van der Waals surface area contributed by atoms with Crippen molar-refractivity contribution in [1.29, 1.82) is 0 Å². The van der Waals surface area contributed by atoms with Crippen LogP contribution in [0.25, 0.3) is 11.2 Å². The van der Waals surface area contributed by atoms with E-state index in [0.29, 0.717) is 28.3 Å². The minimum absolute atomic E-state index is 0.101. The summed E-state index contributed by atoms with van der Waals surface area (Å²) in [5.74, 6) is 0.119. The van der Waals surface area contributed by atoms with Crippen LogP contribution in [0.15, 0.2) is 24.8 Å². The van der Waals surface area contributed by atoms with Crippen LogP contribution >= 0.6 is 0 Å². The second-order valence-electron chi connectivity index (χ2n) is 6.78. The minimum atomic E-state index is -1.28. The van der Waals surface area contributed by atoms with Crippen molar-refractivity contribution in [2.45, 2.75) is 31.1 Å². The fraction of sp³-hybridized carbons (Fsp3) is 0.389. The van der Waals surface area contributed by atoms with Crippen molar-refractivity contribution in [2.75, 3.05) is 19.0 Å². The Kier molecular flexibility index (Phi) is 5.30. The average Bonchev–Trinajstić information content (AvgIpc) is 3.30. The van der Waals surface area contributed by atoms with Gasteiger partial charge in [0.2, 0.25) is 0 Å². The number of aliphatic hydroxyl groups is 3. The van der Waals surface area contributed by atoms with Crippen LogP contribution < -0.4 is 10.1 Å². The van der Waals surface area contributed by atoms with Gasteiger partial charge in [-0.3, -0.25) is 4.57 Å². The van der Waals surface area contributed by atoms with Gasteiger partial charge >= 0.3 is 0 Å². The first-order valence-corrected chi connectivity index (χ1v) is 9.07. The van der Waals surface area contributed by atoms with Gasteiger partial charge in [0, 0.05) is 18.2 Å². The maximum atomic E-state index is 10.3. The lowest BCUT2D eigenvalue weighted by Crippen LogP contribution is -2.33. The summed E-state index contributed by atoms with van der Waals surface area (Å²) in [7, 11) is 1.45. The number of aromatic nitrogens is 4. The number of benzene rings is 1. The summed E-state index contributed by atoms with van der Waals surface area (Å²) in [5.41, 5.74) is 1.07. The number of methoxy groups -OCH3 is 1. The van der Waals surface area contributed by atoms with Crippen molar-refractivity contribution in [1.82, 2.24) is 19.5 Å². The molecule has 0 saturated carbocycles. The van der Waals surface area contributed by atoms with Gasteiger partial charge in [-0.05, 0) is 6.07 Å². The van der Waals surface area contributed by atoms with E-state index in [2.05, 4.69) is 20.3 Å². The molecule has 3 heterocycles. The number of hydrogen-bond donors (Lipinski definition) is 6.